The van der Waals surface area contributed by atoms with Crippen molar-refractivity contribution in [1.82, 2.24) is 0 Å². The molecule has 0 amide bonds. The van der Waals surface area contributed by atoms with Crippen LogP contribution in [0.25, 0.3) is 0 Å². The lowest BCUT2D eigenvalue weighted by atomic mass is 9.40. The smallest absolute Gasteiger partial charge is 0.306 e. The average molecular weight is 360 g/mol. The number of carbonyl (C=O) groups excluding carboxylic acids is 1. The van der Waals surface area contributed by atoms with E-state index < -0.39 is 11.6 Å². The molecular weight excluding hydrogens is 328 g/mol. The molecule has 1 spiro atoms. The Morgan fingerprint density at radius 2 is 1.88 bits per heavy atom. The molecule has 4 heteroatoms. The summed E-state index contributed by atoms with van der Waals surface area (Å²) in [4.78, 5) is 25.5. The quantitative estimate of drug-likeness (QED) is 0.806. The van der Waals surface area contributed by atoms with E-state index in [0.29, 0.717) is 30.0 Å². The summed E-state index contributed by atoms with van der Waals surface area (Å²) in [6.45, 7) is 6.40. The van der Waals surface area contributed by atoms with Crippen LogP contribution in [-0.2, 0) is 14.3 Å². The van der Waals surface area contributed by atoms with Crippen LogP contribution in [0.5, 0.6) is 0 Å². The van der Waals surface area contributed by atoms with Crippen LogP contribution in [0.3, 0.4) is 0 Å². The summed E-state index contributed by atoms with van der Waals surface area (Å²) in [7, 11) is 0. The number of rotatable bonds is 2. The summed E-state index contributed by atoms with van der Waals surface area (Å²) >= 11 is 0. The summed E-state index contributed by atoms with van der Waals surface area (Å²) in [5.41, 5.74) is -0.740. The van der Waals surface area contributed by atoms with Gasteiger partial charge in [-0.05, 0) is 74.0 Å². The highest BCUT2D eigenvalue weighted by atomic mass is 16.5. The zero-order chi connectivity index (χ0) is 18.5. The van der Waals surface area contributed by atoms with Gasteiger partial charge in [0.15, 0.2) is 5.78 Å². The number of hydrogen-bond acceptors (Lipinski definition) is 3. The highest BCUT2D eigenvalue weighted by molar-refractivity contribution is 5.91. The van der Waals surface area contributed by atoms with Gasteiger partial charge in [-0.3, -0.25) is 9.59 Å². The fraction of sp³-hybridized carbons (Fsp3) is 0.909. The van der Waals surface area contributed by atoms with Crippen LogP contribution in [0.15, 0.2) is 0 Å². The van der Waals surface area contributed by atoms with Crippen molar-refractivity contribution in [2.24, 2.45) is 40.4 Å². The molecule has 2 aliphatic heterocycles. The second-order valence-electron chi connectivity index (χ2n) is 10.6. The largest absolute Gasteiger partial charge is 0.481 e. The topological polar surface area (TPSA) is 63.6 Å². The van der Waals surface area contributed by atoms with Gasteiger partial charge in [0.25, 0.3) is 0 Å². The van der Waals surface area contributed by atoms with Gasteiger partial charge in [-0.1, -0.05) is 20.8 Å². The molecule has 26 heavy (non-hydrogen) atoms. The number of carbonyl (C=O) groups is 2. The number of Topliss-reactive ketones (excluding diaryl/α,β-unsaturated/α-hetero) is 1. The molecule has 0 radical (unpaired) electrons. The number of ether oxygens (including phenoxy) is 1. The SMILES string of the molecule is C[C@@H](C(=O)O)[C@H]1CC[C@H]2[C@@H]3CC[C@H]4C[C@H]5CC[C@]4(C)[C@@]3(O5)C(=O)C[C@]12C. The first-order chi connectivity index (χ1) is 12.2. The van der Waals surface area contributed by atoms with E-state index in [-0.39, 0.29) is 28.8 Å². The van der Waals surface area contributed by atoms with Gasteiger partial charge in [0.1, 0.15) is 5.60 Å². The second-order valence-corrected chi connectivity index (χ2v) is 10.6. The van der Waals surface area contributed by atoms with Gasteiger partial charge in [0.05, 0.1) is 12.0 Å². The highest BCUT2D eigenvalue weighted by Gasteiger charge is 2.74. The zero-order valence-electron chi connectivity index (χ0n) is 16.3. The number of ketones is 1. The normalized spacial score (nSPS) is 56.0. The third-order valence-corrected chi connectivity index (χ3v) is 9.90. The first-order valence-corrected chi connectivity index (χ1v) is 10.7. The molecule has 4 aliphatic carbocycles. The number of carboxylic acids is 1. The van der Waals surface area contributed by atoms with E-state index in [2.05, 4.69) is 13.8 Å². The maximum Gasteiger partial charge on any atom is 0.306 e. The summed E-state index contributed by atoms with van der Waals surface area (Å²) in [6, 6.07) is 0. The molecule has 6 aliphatic rings. The first-order valence-electron chi connectivity index (χ1n) is 10.7. The lowest BCUT2D eigenvalue weighted by Gasteiger charge is -2.70. The van der Waals surface area contributed by atoms with Crippen LogP contribution in [0, 0.1) is 40.4 Å². The standard InChI is InChI=1S/C22H32O4/c1-12(19(24)25)15-6-7-16-17-5-4-13-10-14-8-9-21(13,3)22(17,26-14)18(23)11-20(15,16)2/h12-17H,4-11H2,1-3H3,(H,24,25)/t12-,13+,14-,15-,16+,17+,20-,21+,22+/m1/s1. The Balaban J connectivity index is 1.58. The van der Waals surface area contributed by atoms with E-state index >= 15 is 0 Å². The molecule has 0 aromatic heterocycles. The molecular formula is C22H32O4. The van der Waals surface area contributed by atoms with E-state index in [1.54, 1.807) is 0 Å². The van der Waals surface area contributed by atoms with E-state index in [0.717, 1.165) is 38.5 Å². The second kappa shape index (κ2) is 5.12. The van der Waals surface area contributed by atoms with E-state index in [1.807, 2.05) is 6.92 Å². The Hall–Kier alpha value is -0.900. The molecule has 6 fully saturated rings. The van der Waals surface area contributed by atoms with Crippen molar-refractivity contribution in [3.63, 3.8) is 0 Å². The third kappa shape index (κ3) is 1.76. The van der Waals surface area contributed by atoms with Crippen molar-refractivity contribution < 1.29 is 19.4 Å². The fourth-order valence-electron chi connectivity index (χ4n) is 8.65. The molecule has 0 aromatic rings. The Morgan fingerprint density at radius 3 is 2.62 bits per heavy atom. The highest BCUT2D eigenvalue weighted by Crippen LogP contribution is 2.72. The number of hydrogen-bond donors (Lipinski definition) is 1. The van der Waals surface area contributed by atoms with Crippen LogP contribution in [-0.4, -0.2) is 28.6 Å². The molecule has 0 unspecified atom stereocenters. The minimum Gasteiger partial charge on any atom is -0.481 e. The Labute approximate surface area is 156 Å². The monoisotopic (exact) mass is 360 g/mol. The summed E-state index contributed by atoms with van der Waals surface area (Å²) in [5, 5.41) is 9.60. The maximum atomic E-state index is 13.8. The van der Waals surface area contributed by atoms with Crippen molar-refractivity contribution in [2.75, 3.05) is 0 Å². The predicted molar refractivity (Wildman–Crippen MR) is 96.5 cm³/mol. The molecule has 6 rings (SSSR count). The summed E-state index contributed by atoms with van der Waals surface area (Å²) in [6.07, 6.45) is 8.48. The van der Waals surface area contributed by atoms with Crippen LogP contribution in [0.2, 0.25) is 0 Å². The number of fused-ring (bicyclic) bond motifs is 3. The molecule has 2 saturated heterocycles. The van der Waals surface area contributed by atoms with Crippen LogP contribution in [0.4, 0.5) is 0 Å². The van der Waals surface area contributed by atoms with Crippen molar-refractivity contribution in [1.29, 1.82) is 0 Å². The van der Waals surface area contributed by atoms with Crippen molar-refractivity contribution in [3.8, 4) is 0 Å². The Morgan fingerprint density at radius 1 is 1.15 bits per heavy atom. The van der Waals surface area contributed by atoms with Gasteiger partial charge in [-0.25, -0.2) is 0 Å². The first kappa shape index (κ1) is 17.2. The minimum atomic E-state index is -0.715. The fourth-order valence-corrected chi connectivity index (χ4v) is 8.65. The van der Waals surface area contributed by atoms with E-state index in [4.69, 9.17) is 4.74 Å². The molecule has 4 bridgehead atoms. The molecule has 2 heterocycles. The van der Waals surface area contributed by atoms with E-state index in [9.17, 15) is 14.7 Å². The van der Waals surface area contributed by atoms with Gasteiger partial charge in [-0.2, -0.15) is 0 Å². The molecule has 9 atom stereocenters. The number of aliphatic carboxylic acids is 1. The molecule has 4 nitrogen and oxygen atoms in total. The predicted octanol–water partition coefficient (Wildman–Crippen LogP) is 4.07. The third-order valence-electron chi connectivity index (χ3n) is 9.90. The summed E-state index contributed by atoms with van der Waals surface area (Å²) < 4.78 is 6.69. The Kier molecular flexibility index (Phi) is 3.39. The maximum absolute atomic E-state index is 13.8. The van der Waals surface area contributed by atoms with Gasteiger partial charge in [0, 0.05) is 11.8 Å². The lowest BCUT2D eigenvalue weighted by Crippen LogP contribution is -2.75. The van der Waals surface area contributed by atoms with Crippen molar-refractivity contribution >= 4 is 11.8 Å². The van der Waals surface area contributed by atoms with Gasteiger partial charge in [0.2, 0.25) is 0 Å². The van der Waals surface area contributed by atoms with Crippen LogP contribution < -0.4 is 0 Å². The van der Waals surface area contributed by atoms with E-state index in [1.165, 1.54) is 6.42 Å². The summed E-state index contributed by atoms with van der Waals surface area (Å²) in [5.74, 6) is 0.693. The Bertz CT molecular complexity index is 673. The van der Waals surface area contributed by atoms with Gasteiger partial charge >= 0.3 is 5.97 Å². The molecule has 4 saturated carbocycles. The van der Waals surface area contributed by atoms with Gasteiger partial charge in [-0.15, -0.1) is 0 Å². The van der Waals surface area contributed by atoms with Crippen LogP contribution >= 0.6 is 0 Å². The molecule has 1 N–H and O–H groups in total. The van der Waals surface area contributed by atoms with Crippen LogP contribution in [0.1, 0.15) is 72.1 Å². The minimum absolute atomic E-state index is 0.000416. The van der Waals surface area contributed by atoms with Gasteiger partial charge < -0.3 is 9.84 Å². The lowest BCUT2D eigenvalue weighted by molar-refractivity contribution is -0.307. The van der Waals surface area contributed by atoms with Crippen molar-refractivity contribution in [2.45, 2.75) is 83.8 Å². The number of carboxylic acid groups (broad SMARTS) is 1. The van der Waals surface area contributed by atoms with Crippen molar-refractivity contribution in [3.05, 3.63) is 0 Å². The molecule has 0 aromatic carbocycles. The zero-order valence-corrected chi connectivity index (χ0v) is 16.3. The average Bonchev–Trinajstić information content (AvgIpc) is 2.90. The molecule has 144 valence electrons.